The maximum atomic E-state index is 12.1. The summed E-state index contributed by atoms with van der Waals surface area (Å²) in [4.78, 5) is 24.2. The summed E-state index contributed by atoms with van der Waals surface area (Å²) in [6, 6.07) is 18.8. The van der Waals surface area contributed by atoms with Gasteiger partial charge >= 0.3 is 0 Å². The molecule has 0 aliphatic rings. The molecule has 0 radical (unpaired) electrons. The minimum absolute atomic E-state index is 0.0616. The van der Waals surface area contributed by atoms with Crippen LogP contribution in [0.2, 0.25) is 0 Å². The van der Waals surface area contributed by atoms with Crippen molar-refractivity contribution < 1.29 is 9.59 Å². The molecule has 0 unspecified atom stereocenters. The lowest BCUT2D eigenvalue weighted by molar-refractivity contribution is -0.123. The van der Waals surface area contributed by atoms with E-state index in [1.807, 2.05) is 60.7 Å². The fourth-order valence-corrected chi connectivity index (χ4v) is 4.27. The van der Waals surface area contributed by atoms with E-state index in [4.69, 9.17) is 11.5 Å². The van der Waals surface area contributed by atoms with Gasteiger partial charge in [-0.3, -0.25) is 9.59 Å². The lowest BCUT2D eigenvalue weighted by Crippen LogP contribution is -2.42. The number of carbonyl (C=O) groups excluding carboxylic acids is 2. The van der Waals surface area contributed by atoms with Gasteiger partial charge in [0.15, 0.2) is 0 Å². The van der Waals surface area contributed by atoms with Gasteiger partial charge in [0.05, 0.1) is 12.1 Å². The molecule has 6 nitrogen and oxygen atoms in total. The van der Waals surface area contributed by atoms with Crippen molar-refractivity contribution >= 4 is 11.8 Å². The van der Waals surface area contributed by atoms with Crippen molar-refractivity contribution in [2.24, 2.45) is 11.5 Å². The zero-order valence-corrected chi connectivity index (χ0v) is 21.8. The third-order valence-corrected chi connectivity index (χ3v) is 6.47. The molecule has 2 aromatic rings. The normalized spacial score (nSPS) is 12.6. The summed E-state index contributed by atoms with van der Waals surface area (Å²) >= 11 is 0. The highest BCUT2D eigenvalue weighted by Gasteiger charge is 2.14. The van der Waals surface area contributed by atoms with E-state index in [1.165, 1.54) is 38.5 Å². The maximum Gasteiger partial charge on any atom is 0.237 e. The second-order valence-electron chi connectivity index (χ2n) is 9.71. The van der Waals surface area contributed by atoms with Crippen molar-refractivity contribution in [3.63, 3.8) is 0 Å². The van der Waals surface area contributed by atoms with Gasteiger partial charge in [-0.15, -0.1) is 0 Å². The summed E-state index contributed by atoms with van der Waals surface area (Å²) < 4.78 is 0. The molecular formula is C30H46N4O2. The second kappa shape index (κ2) is 18.6. The molecule has 2 atom stereocenters. The second-order valence-corrected chi connectivity index (χ2v) is 9.71. The van der Waals surface area contributed by atoms with Crippen LogP contribution in [0.5, 0.6) is 0 Å². The smallest absolute Gasteiger partial charge is 0.237 e. The Kier molecular flexibility index (Phi) is 15.2. The van der Waals surface area contributed by atoms with Crippen LogP contribution >= 0.6 is 0 Å². The first-order valence-electron chi connectivity index (χ1n) is 13.7. The Balaban J connectivity index is 1.33. The Morgan fingerprint density at radius 3 is 1.17 bits per heavy atom. The van der Waals surface area contributed by atoms with Gasteiger partial charge in [-0.25, -0.2) is 0 Å². The lowest BCUT2D eigenvalue weighted by Gasteiger charge is -2.12. The fourth-order valence-electron chi connectivity index (χ4n) is 4.27. The van der Waals surface area contributed by atoms with E-state index in [9.17, 15) is 9.59 Å². The lowest BCUT2D eigenvalue weighted by atomic mass is 10.1. The summed E-state index contributed by atoms with van der Waals surface area (Å²) in [5, 5.41) is 5.93. The van der Waals surface area contributed by atoms with Crippen LogP contribution in [-0.4, -0.2) is 37.0 Å². The van der Waals surface area contributed by atoms with Crippen LogP contribution in [0.15, 0.2) is 60.7 Å². The molecule has 6 heteroatoms. The summed E-state index contributed by atoms with van der Waals surface area (Å²) in [5.41, 5.74) is 14.2. The third kappa shape index (κ3) is 13.4. The summed E-state index contributed by atoms with van der Waals surface area (Å²) in [6.07, 6.45) is 12.9. The topological polar surface area (TPSA) is 110 Å². The predicted octanol–water partition coefficient (Wildman–Crippen LogP) is 4.26. The van der Waals surface area contributed by atoms with E-state index >= 15 is 0 Å². The number of hydrogen-bond donors (Lipinski definition) is 4. The first-order chi connectivity index (χ1) is 17.6. The summed E-state index contributed by atoms with van der Waals surface area (Å²) in [5.74, 6) is -0.123. The van der Waals surface area contributed by atoms with Crippen molar-refractivity contribution in [1.29, 1.82) is 0 Å². The molecule has 0 heterocycles. The zero-order valence-electron chi connectivity index (χ0n) is 21.8. The number of benzene rings is 2. The van der Waals surface area contributed by atoms with Crippen LogP contribution in [-0.2, 0) is 22.4 Å². The quantitative estimate of drug-likeness (QED) is 0.219. The minimum atomic E-state index is -0.485. The largest absolute Gasteiger partial charge is 0.355 e. The van der Waals surface area contributed by atoms with Crippen LogP contribution in [0, 0.1) is 0 Å². The van der Waals surface area contributed by atoms with Crippen molar-refractivity contribution in [2.75, 3.05) is 13.1 Å². The first kappa shape index (κ1) is 29.5. The highest BCUT2D eigenvalue weighted by atomic mass is 16.2. The van der Waals surface area contributed by atoms with Crippen molar-refractivity contribution in [2.45, 2.75) is 89.1 Å². The molecule has 6 N–H and O–H groups in total. The fraction of sp³-hybridized carbons (Fsp3) is 0.533. The van der Waals surface area contributed by atoms with E-state index in [-0.39, 0.29) is 11.8 Å². The molecule has 36 heavy (non-hydrogen) atoms. The number of nitrogens with one attached hydrogen (secondary N) is 2. The summed E-state index contributed by atoms with van der Waals surface area (Å²) in [7, 11) is 0. The molecule has 2 rings (SSSR count). The number of unbranched alkanes of at least 4 members (excludes halogenated alkanes) is 9. The van der Waals surface area contributed by atoms with E-state index in [0.29, 0.717) is 25.9 Å². The Morgan fingerprint density at radius 1 is 0.528 bits per heavy atom. The minimum Gasteiger partial charge on any atom is -0.355 e. The van der Waals surface area contributed by atoms with Gasteiger partial charge in [0.25, 0.3) is 0 Å². The number of hydrogen-bond acceptors (Lipinski definition) is 4. The van der Waals surface area contributed by atoms with Crippen LogP contribution < -0.4 is 22.1 Å². The molecule has 0 saturated heterocycles. The average Bonchev–Trinajstić information content (AvgIpc) is 2.89. The van der Waals surface area contributed by atoms with Crippen molar-refractivity contribution in [3.05, 3.63) is 71.8 Å². The number of nitrogens with two attached hydrogens (primary N) is 2. The van der Waals surface area contributed by atoms with E-state index in [2.05, 4.69) is 10.6 Å². The van der Waals surface area contributed by atoms with Crippen molar-refractivity contribution in [1.82, 2.24) is 10.6 Å². The molecule has 0 aliphatic heterocycles. The Labute approximate surface area is 217 Å². The molecule has 0 bridgehead atoms. The highest BCUT2D eigenvalue weighted by Crippen LogP contribution is 2.10. The third-order valence-electron chi connectivity index (χ3n) is 6.47. The average molecular weight is 495 g/mol. The molecule has 0 saturated carbocycles. The van der Waals surface area contributed by atoms with E-state index in [0.717, 1.165) is 36.8 Å². The van der Waals surface area contributed by atoms with Crippen molar-refractivity contribution in [3.8, 4) is 0 Å². The molecule has 198 valence electrons. The van der Waals surface area contributed by atoms with Gasteiger partial charge in [-0.05, 0) is 36.8 Å². The molecule has 0 spiro atoms. The van der Waals surface area contributed by atoms with Gasteiger partial charge in [0, 0.05) is 13.1 Å². The number of amides is 2. The van der Waals surface area contributed by atoms with Crippen LogP contribution in [0.1, 0.15) is 75.3 Å². The van der Waals surface area contributed by atoms with Crippen LogP contribution in [0.3, 0.4) is 0 Å². The van der Waals surface area contributed by atoms with Gasteiger partial charge in [-0.1, -0.05) is 112 Å². The molecule has 2 aromatic carbocycles. The Hall–Kier alpha value is -2.70. The van der Waals surface area contributed by atoms with E-state index in [1.54, 1.807) is 0 Å². The van der Waals surface area contributed by atoms with Crippen LogP contribution in [0.25, 0.3) is 0 Å². The van der Waals surface area contributed by atoms with Crippen LogP contribution in [0.4, 0.5) is 0 Å². The highest BCUT2D eigenvalue weighted by molar-refractivity contribution is 5.82. The molecule has 0 fully saturated rings. The molecular weight excluding hydrogens is 448 g/mol. The van der Waals surface area contributed by atoms with Gasteiger partial charge in [0.2, 0.25) is 11.8 Å². The maximum absolute atomic E-state index is 12.1. The monoisotopic (exact) mass is 494 g/mol. The zero-order chi connectivity index (χ0) is 25.8. The Bertz CT molecular complexity index is 773. The predicted molar refractivity (Wildman–Crippen MR) is 148 cm³/mol. The van der Waals surface area contributed by atoms with Gasteiger partial charge < -0.3 is 22.1 Å². The number of rotatable bonds is 19. The first-order valence-corrected chi connectivity index (χ1v) is 13.7. The molecule has 2 amide bonds. The molecule has 0 aromatic heterocycles. The number of carbonyl (C=O) groups is 2. The molecule has 0 aliphatic carbocycles. The summed E-state index contributed by atoms with van der Waals surface area (Å²) in [6.45, 7) is 1.41. The standard InChI is InChI=1S/C30H46N4O2/c31-27(23-25-17-11-9-12-18-25)29(35)33-21-15-7-5-3-1-2-4-6-8-16-22-34-30(36)28(32)24-26-19-13-10-14-20-26/h9-14,17-20,27-28H,1-8,15-16,21-24,31-32H2,(H,33,35)(H,34,36)/t27-,28-/m0/s1. The SMILES string of the molecule is N[C@@H](Cc1ccccc1)C(=O)NCCCCCCCCCCCCNC(=O)[C@@H](N)Cc1ccccc1. The van der Waals surface area contributed by atoms with Gasteiger partial charge in [-0.2, -0.15) is 0 Å². The van der Waals surface area contributed by atoms with E-state index < -0.39 is 12.1 Å². The van der Waals surface area contributed by atoms with Gasteiger partial charge in [0.1, 0.15) is 0 Å². The Morgan fingerprint density at radius 2 is 0.833 bits per heavy atom.